The summed E-state index contributed by atoms with van der Waals surface area (Å²) in [7, 11) is 0. The Morgan fingerprint density at radius 2 is 1.74 bits per heavy atom. The largest absolute Gasteiger partial charge is 0.480 e. The van der Waals surface area contributed by atoms with Crippen molar-refractivity contribution in [3.8, 4) is 11.1 Å². The maximum atomic E-state index is 14.8. The van der Waals surface area contributed by atoms with E-state index in [1.807, 2.05) is 19.1 Å². The van der Waals surface area contributed by atoms with Gasteiger partial charge in [0, 0.05) is 5.69 Å². The molecule has 0 fully saturated rings. The number of aromatic nitrogens is 1. The fraction of sp³-hybridized carbons (Fsp3) is 0.192. The topological polar surface area (TPSA) is 91.3 Å². The first-order chi connectivity index (χ1) is 16.7. The van der Waals surface area contributed by atoms with Gasteiger partial charge in [0.15, 0.2) is 5.13 Å². The summed E-state index contributed by atoms with van der Waals surface area (Å²) in [6, 6.07) is 14.8. The van der Waals surface area contributed by atoms with E-state index < -0.39 is 23.7 Å². The fourth-order valence-electron chi connectivity index (χ4n) is 3.60. The summed E-state index contributed by atoms with van der Waals surface area (Å²) in [6.45, 7) is 3.54. The zero-order chi connectivity index (χ0) is 25.1. The summed E-state index contributed by atoms with van der Waals surface area (Å²) in [5.74, 6) is -3.27. The normalized spacial score (nSPS) is 12.8. The number of rotatable bonds is 8. The molecule has 4 rings (SSSR count). The van der Waals surface area contributed by atoms with E-state index in [0.717, 1.165) is 16.0 Å². The van der Waals surface area contributed by atoms with Crippen LogP contribution >= 0.6 is 11.3 Å². The number of nitrogens with one attached hydrogen (secondary N) is 2. The molecule has 180 valence electrons. The van der Waals surface area contributed by atoms with Gasteiger partial charge in [-0.05, 0) is 59.5 Å². The maximum absolute atomic E-state index is 14.8. The summed E-state index contributed by atoms with van der Waals surface area (Å²) < 4.78 is 28.9. The van der Waals surface area contributed by atoms with E-state index in [4.69, 9.17) is 0 Å². The van der Waals surface area contributed by atoms with Crippen LogP contribution in [-0.4, -0.2) is 28.0 Å². The molecule has 1 amide bonds. The highest BCUT2D eigenvalue weighted by Crippen LogP contribution is 2.30. The van der Waals surface area contributed by atoms with Gasteiger partial charge in [-0.25, -0.2) is 18.6 Å². The molecule has 0 bridgehead atoms. The number of aliphatic carboxylic acids is 1. The van der Waals surface area contributed by atoms with Gasteiger partial charge in [0.05, 0.1) is 15.8 Å². The second-order valence-corrected chi connectivity index (χ2v) is 9.23. The molecule has 0 aliphatic carbocycles. The number of benzene rings is 3. The molecule has 0 aliphatic rings. The van der Waals surface area contributed by atoms with Crippen molar-refractivity contribution in [3.63, 3.8) is 0 Å². The van der Waals surface area contributed by atoms with Crippen molar-refractivity contribution in [2.75, 3.05) is 5.32 Å². The number of carboxylic acids is 1. The Labute approximate surface area is 204 Å². The molecule has 0 spiro atoms. The van der Waals surface area contributed by atoms with Crippen LogP contribution in [0.15, 0.2) is 60.7 Å². The SMILES string of the molecule is CCC(C)[C@H](NC(=O)c1ccc(-c2ccc(Nc3nc4ccc(F)cc4s3)cc2)cc1F)C(=O)O. The smallest absolute Gasteiger partial charge is 0.326 e. The minimum absolute atomic E-state index is 0.214. The average Bonchev–Trinajstić information content (AvgIpc) is 3.23. The Hall–Kier alpha value is -3.85. The number of hydrogen-bond acceptors (Lipinski definition) is 5. The first kappa shape index (κ1) is 24.3. The van der Waals surface area contributed by atoms with Crippen molar-refractivity contribution in [1.29, 1.82) is 0 Å². The van der Waals surface area contributed by atoms with Gasteiger partial charge in [0.1, 0.15) is 17.7 Å². The van der Waals surface area contributed by atoms with Crippen LogP contribution in [0.2, 0.25) is 0 Å². The van der Waals surface area contributed by atoms with Crippen molar-refractivity contribution in [3.05, 3.63) is 77.9 Å². The summed E-state index contributed by atoms with van der Waals surface area (Å²) in [6.07, 6.45) is 0.557. The van der Waals surface area contributed by atoms with Crippen LogP contribution < -0.4 is 10.6 Å². The number of fused-ring (bicyclic) bond motifs is 1. The molecule has 1 unspecified atom stereocenters. The zero-order valence-corrected chi connectivity index (χ0v) is 19.8. The number of hydrogen-bond donors (Lipinski definition) is 3. The summed E-state index contributed by atoms with van der Waals surface area (Å²) in [5.41, 5.74) is 2.55. The van der Waals surface area contributed by atoms with Crippen molar-refractivity contribution in [2.24, 2.45) is 5.92 Å². The summed E-state index contributed by atoms with van der Waals surface area (Å²) >= 11 is 1.34. The predicted octanol–water partition coefficient (Wildman–Crippen LogP) is 6.21. The second-order valence-electron chi connectivity index (χ2n) is 8.20. The number of halogens is 2. The molecule has 0 radical (unpaired) electrons. The lowest BCUT2D eigenvalue weighted by atomic mass is 9.98. The lowest BCUT2D eigenvalue weighted by Gasteiger charge is -2.20. The van der Waals surface area contributed by atoms with Crippen molar-refractivity contribution in [2.45, 2.75) is 26.3 Å². The number of carbonyl (C=O) groups is 2. The molecule has 6 nitrogen and oxygen atoms in total. The van der Waals surface area contributed by atoms with Crippen molar-refractivity contribution >= 4 is 44.2 Å². The molecular weight excluding hydrogens is 472 g/mol. The first-order valence-electron chi connectivity index (χ1n) is 11.0. The second kappa shape index (κ2) is 10.2. The standard InChI is InChI=1S/C26H23F2N3O3S/c1-3-14(2)23(25(33)34)31-24(32)19-10-6-16(12-20(19)28)15-4-8-18(9-5-15)29-26-30-21-11-7-17(27)13-22(21)35-26/h4-14,23H,3H2,1-2H3,(H,29,30)(H,31,32)(H,33,34)/t14?,23-/m0/s1. The Kier molecular flexibility index (Phi) is 7.07. The van der Waals surface area contributed by atoms with E-state index in [2.05, 4.69) is 15.6 Å². The predicted molar refractivity (Wildman–Crippen MR) is 133 cm³/mol. The maximum Gasteiger partial charge on any atom is 0.326 e. The van der Waals surface area contributed by atoms with Crippen LogP contribution in [0.5, 0.6) is 0 Å². The van der Waals surface area contributed by atoms with Gasteiger partial charge in [-0.3, -0.25) is 4.79 Å². The molecule has 0 saturated carbocycles. The molecule has 0 saturated heterocycles. The molecule has 3 N–H and O–H groups in total. The number of anilines is 2. The minimum atomic E-state index is -1.16. The third-order valence-corrected chi connectivity index (χ3v) is 6.73. The van der Waals surface area contributed by atoms with Crippen LogP contribution in [0.3, 0.4) is 0 Å². The molecule has 3 aromatic carbocycles. The number of thiazole rings is 1. The van der Waals surface area contributed by atoms with Gasteiger partial charge in [-0.2, -0.15) is 0 Å². The van der Waals surface area contributed by atoms with Gasteiger partial charge < -0.3 is 15.7 Å². The summed E-state index contributed by atoms with van der Waals surface area (Å²) in [5, 5.41) is 15.6. The van der Waals surface area contributed by atoms with Crippen LogP contribution in [0.25, 0.3) is 21.3 Å². The van der Waals surface area contributed by atoms with Crippen LogP contribution in [0.1, 0.15) is 30.6 Å². The highest BCUT2D eigenvalue weighted by Gasteiger charge is 2.26. The molecule has 0 aliphatic heterocycles. The van der Waals surface area contributed by atoms with E-state index in [1.165, 1.54) is 35.6 Å². The van der Waals surface area contributed by atoms with Gasteiger partial charge in [-0.1, -0.05) is 49.8 Å². The van der Waals surface area contributed by atoms with Crippen LogP contribution in [0.4, 0.5) is 19.6 Å². The van der Waals surface area contributed by atoms with Gasteiger partial charge in [0.2, 0.25) is 0 Å². The van der Waals surface area contributed by atoms with Gasteiger partial charge >= 0.3 is 5.97 Å². The van der Waals surface area contributed by atoms with E-state index in [0.29, 0.717) is 22.6 Å². The molecular formula is C26H23F2N3O3S. The number of carbonyl (C=O) groups excluding carboxylic acids is 1. The molecule has 2 atom stereocenters. The number of amides is 1. The van der Waals surface area contributed by atoms with E-state index >= 15 is 0 Å². The monoisotopic (exact) mass is 495 g/mol. The highest BCUT2D eigenvalue weighted by atomic mass is 32.1. The third-order valence-electron chi connectivity index (χ3n) is 5.80. The van der Waals surface area contributed by atoms with Crippen LogP contribution in [0, 0.1) is 17.6 Å². The Bertz CT molecular complexity index is 1390. The lowest BCUT2D eigenvalue weighted by Crippen LogP contribution is -2.45. The number of nitrogens with zero attached hydrogens (tertiary/aromatic N) is 1. The Morgan fingerprint density at radius 1 is 1.03 bits per heavy atom. The molecule has 35 heavy (non-hydrogen) atoms. The lowest BCUT2D eigenvalue weighted by molar-refractivity contribution is -0.140. The van der Waals surface area contributed by atoms with Crippen molar-refractivity contribution < 1.29 is 23.5 Å². The third kappa shape index (κ3) is 5.46. The molecule has 1 aromatic heterocycles. The van der Waals surface area contributed by atoms with Gasteiger partial charge in [-0.15, -0.1) is 0 Å². The fourth-order valence-corrected chi connectivity index (χ4v) is 4.51. The highest BCUT2D eigenvalue weighted by molar-refractivity contribution is 7.22. The number of carboxylic acid groups (broad SMARTS) is 1. The molecule has 9 heteroatoms. The van der Waals surface area contributed by atoms with Gasteiger partial charge in [0.25, 0.3) is 5.91 Å². The van der Waals surface area contributed by atoms with Crippen LogP contribution in [-0.2, 0) is 4.79 Å². The Balaban J connectivity index is 1.47. The van der Waals surface area contributed by atoms with E-state index in [9.17, 15) is 23.5 Å². The van der Waals surface area contributed by atoms with Crippen molar-refractivity contribution in [1.82, 2.24) is 10.3 Å². The van der Waals surface area contributed by atoms with E-state index in [1.54, 1.807) is 31.2 Å². The zero-order valence-electron chi connectivity index (χ0n) is 19.0. The quantitative estimate of drug-likeness (QED) is 0.270. The first-order valence-corrected chi connectivity index (χ1v) is 11.8. The summed E-state index contributed by atoms with van der Waals surface area (Å²) in [4.78, 5) is 28.4. The van der Waals surface area contributed by atoms with E-state index in [-0.39, 0.29) is 17.3 Å². The average molecular weight is 496 g/mol. The minimum Gasteiger partial charge on any atom is -0.480 e. The Morgan fingerprint density at radius 3 is 2.40 bits per heavy atom. The molecule has 4 aromatic rings. The molecule has 1 heterocycles.